The van der Waals surface area contributed by atoms with E-state index in [1.807, 2.05) is 32.9 Å². The highest BCUT2D eigenvalue weighted by Gasteiger charge is 2.25. The van der Waals surface area contributed by atoms with Gasteiger partial charge in [0.1, 0.15) is 22.9 Å². The molecule has 0 saturated carbocycles. The third-order valence-corrected chi connectivity index (χ3v) is 6.76. The van der Waals surface area contributed by atoms with E-state index < -0.39 is 11.5 Å². The van der Waals surface area contributed by atoms with Crippen molar-refractivity contribution in [2.45, 2.75) is 33.9 Å². The maximum absolute atomic E-state index is 15.6. The summed E-state index contributed by atoms with van der Waals surface area (Å²) in [5, 5.41) is 6.35. The standard InChI is InChI=1S/C25H29FN8O2/c1-5-34-23-20-18(29-15(3)30-23)12-16(21(26)22(20)31-25(34)36)13-32-8-10-33(11-9-32)19-7-6-17(24(35)27-4)28-14(19)2/h6-7,12H,5,8-11,13H2,1-4H3,(H,27,35)(H,29,30). The molecule has 0 unspecified atom stereocenters. The molecule has 3 aromatic rings. The van der Waals surface area contributed by atoms with Gasteiger partial charge in [-0.2, -0.15) is 4.98 Å². The molecule has 0 radical (unpaired) electrons. The summed E-state index contributed by atoms with van der Waals surface area (Å²) in [6, 6.07) is 5.47. The average molecular weight is 493 g/mol. The molecule has 0 atom stereocenters. The first-order valence-corrected chi connectivity index (χ1v) is 12.1. The number of carbonyl (C=O) groups is 1. The Kier molecular flexibility index (Phi) is 6.17. The topological polar surface area (TPSA) is 108 Å². The van der Waals surface area contributed by atoms with Gasteiger partial charge in [0, 0.05) is 51.9 Å². The van der Waals surface area contributed by atoms with E-state index in [0.29, 0.717) is 41.4 Å². The molecular formula is C25H29FN8O2. The molecule has 2 aromatic heterocycles. The number of benzene rings is 1. The van der Waals surface area contributed by atoms with Gasteiger partial charge in [0.25, 0.3) is 5.91 Å². The number of hydrogen-bond acceptors (Lipinski definition) is 8. The average Bonchev–Trinajstić information content (AvgIpc) is 2.86. The summed E-state index contributed by atoms with van der Waals surface area (Å²) >= 11 is 0. The SMILES string of the molecule is CCn1c2c3c(cc(CN4CCN(c5ccc(C(=O)NC)nc5C)CC4)c(F)c3nc1=O)NC(C)=N2. The third-order valence-electron chi connectivity index (χ3n) is 6.76. The smallest absolute Gasteiger partial charge is 0.349 e. The maximum Gasteiger partial charge on any atom is 0.349 e. The van der Waals surface area contributed by atoms with E-state index in [-0.39, 0.29) is 11.4 Å². The first-order valence-electron chi connectivity index (χ1n) is 12.1. The number of halogens is 1. The van der Waals surface area contributed by atoms with Crippen molar-refractivity contribution < 1.29 is 9.18 Å². The summed E-state index contributed by atoms with van der Waals surface area (Å²) in [7, 11) is 1.58. The molecule has 5 rings (SSSR count). The Morgan fingerprint density at radius 3 is 2.58 bits per heavy atom. The number of aromatic nitrogens is 3. The highest BCUT2D eigenvalue weighted by molar-refractivity contribution is 6.11. The Hall–Kier alpha value is -3.86. The van der Waals surface area contributed by atoms with Gasteiger partial charge in [-0.1, -0.05) is 0 Å². The largest absolute Gasteiger partial charge is 0.368 e. The Bertz CT molecular complexity index is 1460. The minimum Gasteiger partial charge on any atom is -0.368 e. The van der Waals surface area contributed by atoms with Crippen LogP contribution in [-0.2, 0) is 13.1 Å². The van der Waals surface area contributed by atoms with Crippen LogP contribution in [0.15, 0.2) is 28.0 Å². The van der Waals surface area contributed by atoms with Gasteiger partial charge in [-0.15, -0.1) is 0 Å². The number of aryl methyl sites for hydroxylation is 1. The number of nitrogens with one attached hydrogen (secondary N) is 2. The van der Waals surface area contributed by atoms with Gasteiger partial charge in [0.05, 0.1) is 22.5 Å². The van der Waals surface area contributed by atoms with Crippen LogP contribution in [0.4, 0.5) is 21.6 Å². The zero-order chi connectivity index (χ0) is 25.6. The van der Waals surface area contributed by atoms with Crippen LogP contribution in [0, 0.1) is 12.7 Å². The van der Waals surface area contributed by atoms with Crippen molar-refractivity contribution in [1.29, 1.82) is 0 Å². The Morgan fingerprint density at radius 1 is 1.17 bits per heavy atom. The summed E-state index contributed by atoms with van der Waals surface area (Å²) in [5.41, 5.74) is 2.96. The van der Waals surface area contributed by atoms with E-state index in [0.717, 1.165) is 43.2 Å². The van der Waals surface area contributed by atoms with Crippen molar-refractivity contribution in [3.8, 4) is 0 Å². The monoisotopic (exact) mass is 492 g/mol. The lowest BCUT2D eigenvalue weighted by Crippen LogP contribution is -2.46. The van der Waals surface area contributed by atoms with Gasteiger partial charge in [0.2, 0.25) is 0 Å². The van der Waals surface area contributed by atoms with Crippen LogP contribution in [0.2, 0.25) is 0 Å². The van der Waals surface area contributed by atoms with Crippen molar-refractivity contribution in [2.24, 2.45) is 4.99 Å². The second kappa shape index (κ2) is 9.30. The van der Waals surface area contributed by atoms with E-state index in [1.54, 1.807) is 13.1 Å². The molecule has 1 aromatic carbocycles. The summed E-state index contributed by atoms with van der Waals surface area (Å²) < 4.78 is 17.1. The lowest BCUT2D eigenvalue weighted by Gasteiger charge is -2.36. The fraction of sp³-hybridized carbons (Fsp3) is 0.400. The number of carbonyl (C=O) groups excluding carboxylic acids is 1. The maximum atomic E-state index is 15.6. The van der Waals surface area contributed by atoms with Crippen molar-refractivity contribution in [2.75, 3.05) is 43.4 Å². The van der Waals surface area contributed by atoms with E-state index >= 15 is 4.39 Å². The minimum absolute atomic E-state index is 0.0625. The molecule has 1 saturated heterocycles. The van der Waals surface area contributed by atoms with Crippen LogP contribution in [-0.4, -0.2) is 64.4 Å². The van der Waals surface area contributed by atoms with E-state index in [9.17, 15) is 9.59 Å². The fourth-order valence-electron chi connectivity index (χ4n) is 4.94. The second-order valence-corrected chi connectivity index (χ2v) is 9.05. The Balaban J connectivity index is 1.37. The first-order chi connectivity index (χ1) is 17.3. The van der Waals surface area contributed by atoms with Crippen molar-refractivity contribution >= 4 is 39.8 Å². The van der Waals surface area contributed by atoms with Gasteiger partial charge < -0.3 is 15.5 Å². The number of aliphatic imine (C=N–C) groups is 1. The minimum atomic E-state index is -0.500. The quantitative estimate of drug-likeness (QED) is 0.563. The molecule has 1 amide bonds. The molecule has 2 N–H and O–H groups in total. The second-order valence-electron chi connectivity index (χ2n) is 9.05. The van der Waals surface area contributed by atoms with Crippen LogP contribution in [0.3, 0.4) is 0 Å². The molecule has 11 heteroatoms. The molecule has 188 valence electrons. The van der Waals surface area contributed by atoms with E-state index in [4.69, 9.17) is 0 Å². The van der Waals surface area contributed by atoms with Crippen LogP contribution < -0.4 is 21.2 Å². The third kappa shape index (κ3) is 4.09. The highest BCUT2D eigenvalue weighted by atomic mass is 19.1. The molecule has 2 aliphatic heterocycles. The summed E-state index contributed by atoms with van der Waals surface area (Å²) in [6.45, 7) is 9.33. The Labute approximate surface area is 207 Å². The molecule has 1 fully saturated rings. The summed E-state index contributed by atoms with van der Waals surface area (Å²) in [5.74, 6) is 0.412. The lowest BCUT2D eigenvalue weighted by molar-refractivity contribution is 0.0958. The summed E-state index contributed by atoms with van der Waals surface area (Å²) in [6.07, 6.45) is 0. The van der Waals surface area contributed by atoms with Gasteiger partial charge in [-0.05, 0) is 39.0 Å². The number of hydrogen-bond donors (Lipinski definition) is 2. The van der Waals surface area contributed by atoms with Gasteiger partial charge in [0.15, 0.2) is 5.82 Å². The number of nitrogens with zero attached hydrogens (tertiary/aromatic N) is 6. The van der Waals surface area contributed by atoms with Crippen molar-refractivity contribution in [3.05, 3.63) is 51.5 Å². The van der Waals surface area contributed by atoms with Gasteiger partial charge in [-0.3, -0.25) is 14.3 Å². The predicted molar refractivity (Wildman–Crippen MR) is 138 cm³/mol. The molecule has 10 nitrogen and oxygen atoms in total. The first kappa shape index (κ1) is 23.9. The predicted octanol–water partition coefficient (Wildman–Crippen LogP) is 2.42. The van der Waals surface area contributed by atoms with Crippen LogP contribution in [0.25, 0.3) is 10.9 Å². The molecule has 4 heterocycles. The van der Waals surface area contributed by atoms with Crippen molar-refractivity contribution in [3.63, 3.8) is 0 Å². The number of amidine groups is 1. The number of amides is 1. The Morgan fingerprint density at radius 2 is 1.92 bits per heavy atom. The number of pyridine rings is 1. The normalized spacial score (nSPS) is 15.6. The van der Waals surface area contributed by atoms with Crippen molar-refractivity contribution in [1.82, 2.24) is 24.8 Å². The van der Waals surface area contributed by atoms with Crippen LogP contribution in [0.5, 0.6) is 0 Å². The van der Waals surface area contributed by atoms with E-state index in [2.05, 4.69) is 35.4 Å². The lowest BCUT2D eigenvalue weighted by atomic mass is 10.1. The zero-order valence-corrected chi connectivity index (χ0v) is 20.9. The molecule has 0 aliphatic carbocycles. The van der Waals surface area contributed by atoms with Crippen LogP contribution in [0.1, 0.15) is 35.6 Å². The fourth-order valence-corrected chi connectivity index (χ4v) is 4.94. The molecule has 36 heavy (non-hydrogen) atoms. The molecular weight excluding hydrogens is 463 g/mol. The molecule has 0 spiro atoms. The highest BCUT2D eigenvalue weighted by Crippen LogP contribution is 2.37. The summed E-state index contributed by atoms with van der Waals surface area (Å²) in [4.78, 5) is 41.8. The number of anilines is 2. The number of piperazine rings is 1. The van der Waals surface area contributed by atoms with Gasteiger partial charge in [-0.25, -0.2) is 19.2 Å². The molecule has 2 aliphatic rings. The molecule has 0 bridgehead atoms. The number of rotatable bonds is 5. The van der Waals surface area contributed by atoms with E-state index in [1.165, 1.54) is 4.57 Å². The van der Waals surface area contributed by atoms with Crippen LogP contribution >= 0.6 is 0 Å². The van der Waals surface area contributed by atoms with Gasteiger partial charge >= 0.3 is 5.69 Å². The zero-order valence-electron chi connectivity index (χ0n) is 20.9.